The van der Waals surface area contributed by atoms with E-state index in [1.54, 1.807) is 0 Å². The normalized spacial score (nSPS) is 17.2. The van der Waals surface area contributed by atoms with Crippen LogP contribution < -0.4 is 0 Å². The Kier molecular flexibility index (Phi) is 4.19. The SMILES string of the molecule is CCOC(c1ncc(CO)c(C(F)F)n1)C1CC1. The fraction of sp³-hybridized carbons (Fsp3) is 0.667. The summed E-state index contributed by atoms with van der Waals surface area (Å²) in [6.45, 7) is 1.87. The predicted octanol–water partition coefficient (Wildman–Crippen LogP) is 2.39. The number of rotatable bonds is 6. The molecule has 0 spiro atoms. The second kappa shape index (κ2) is 5.67. The third-order valence-corrected chi connectivity index (χ3v) is 2.94. The van der Waals surface area contributed by atoms with Gasteiger partial charge in [-0.1, -0.05) is 0 Å². The lowest BCUT2D eigenvalue weighted by molar-refractivity contribution is 0.0389. The summed E-state index contributed by atoms with van der Waals surface area (Å²) in [5.41, 5.74) is -0.326. The van der Waals surface area contributed by atoms with Crippen molar-refractivity contribution in [1.29, 1.82) is 0 Å². The van der Waals surface area contributed by atoms with E-state index in [9.17, 15) is 8.78 Å². The number of aromatic nitrogens is 2. The van der Waals surface area contributed by atoms with E-state index in [0.717, 1.165) is 12.8 Å². The van der Waals surface area contributed by atoms with Crippen molar-refractivity contribution >= 4 is 0 Å². The Morgan fingerprint density at radius 2 is 2.22 bits per heavy atom. The van der Waals surface area contributed by atoms with Gasteiger partial charge in [-0.05, 0) is 25.7 Å². The van der Waals surface area contributed by atoms with Crippen LogP contribution in [0, 0.1) is 5.92 Å². The van der Waals surface area contributed by atoms with Crippen molar-refractivity contribution in [3.63, 3.8) is 0 Å². The van der Waals surface area contributed by atoms with Gasteiger partial charge in [0.05, 0.1) is 6.61 Å². The molecule has 2 rings (SSSR count). The summed E-state index contributed by atoms with van der Waals surface area (Å²) >= 11 is 0. The first-order valence-electron chi connectivity index (χ1n) is 6.03. The van der Waals surface area contributed by atoms with Gasteiger partial charge in [0.1, 0.15) is 11.8 Å². The molecular formula is C12H16F2N2O2. The van der Waals surface area contributed by atoms with Gasteiger partial charge in [0.25, 0.3) is 6.43 Å². The lowest BCUT2D eigenvalue weighted by atomic mass is 10.2. The minimum Gasteiger partial charge on any atom is -0.392 e. The molecule has 6 heteroatoms. The third kappa shape index (κ3) is 2.81. The van der Waals surface area contributed by atoms with Crippen molar-refractivity contribution in [2.75, 3.05) is 6.61 Å². The van der Waals surface area contributed by atoms with Crippen molar-refractivity contribution < 1.29 is 18.6 Å². The Bertz CT molecular complexity index is 411. The van der Waals surface area contributed by atoms with Crippen LogP contribution in [0.2, 0.25) is 0 Å². The largest absolute Gasteiger partial charge is 0.392 e. The average Bonchev–Trinajstić information content (AvgIpc) is 3.19. The zero-order valence-corrected chi connectivity index (χ0v) is 10.1. The van der Waals surface area contributed by atoms with Crippen LogP contribution in [0.15, 0.2) is 6.20 Å². The molecule has 0 radical (unpaired) electrons. The molecule has 0 saturated heterocycles. The van der Waals surface area contributed by atoms with E-state index in [4.69, 9.17) is 9.84 Å². The molecule has 4 nitrogen and oxygen atoms in total. The van der Waals surface area contributed by atoms with Gasteiger partial charge in [0.15, 0.2) is 5.82 Å². The van der Waals surface area contributed by atoms with Crippen LogP contribution in [0.5, 0.6) is 0 Å². The fourth-order valence-electron chi connectivity index (χ4n) is 1.88. The first kappa shape index (κ1) is 13.3. The molecule has 1 fully saturated rings. The van der Waals surface area contributed by atoms with E-state index >= 15 is 0 Å². The fourth-order valence-corrected chi connectivity index (χ4v) is 1.88. The second-order valence-corrected chi connectivity index (χ2v) is 4.31. The summed E-state index contributed by atoms with van der Waals surface area (Å²) < 4.78 is 31.2. The van der Waals surface area contributed by atoms with Crippen LogP contribution in [0.25, 0.3) is 0 Å². The standard InChI is InChI=1S/C12H16F2N2O2/c1-2-18-10(7-3-4-7)12-15-5-8(6-17)9(16-12)11(13)14/h5,7,10-11,17H,2-4,6H2,1H3. The van der Waals surface area contributed by atoms with Gasteiger partial charge >= 0.3 is 0 Å². The molecule has 0 aliphatic heterocycles. The molecule has 18 heavy (non-hydrogen) atoms. The third-order valence-electron chi connectivity index (χ3n) is 2.94. The Morgan fingerprint density at radius 1 is 1.50 bits per heavy atom. The molecule has 100 valence electrons. The molecule has 1 heterocycles. The van der Waals surface area contributed by atoms with E-state index < -0.39 is 18.7 Å². The molecule has 1 atom stereocenters. The molecular weight excluding hydrogens is 242 g/mol. The van der Waals surface area contributed by atoms with E-state index in [1.807, 2.05) is 6.92 Å². The number of alkyl halides is 2. The van der Waals surface area contributed by atoms with Gasteiger partial charge < -0.3 is 9.84 Å². The Morgan fingerprint density at radius 3 is 2.72 bits per heavy atom. The average molecular weight is 258 g/mol. The van der Waals surface area contributed by atoms with Gasteiger partial charge in [0, 0.05) is 18.4 Å². The molecule has 1 unspecified atom stereocenters. The van der Waals surface area contributed by atoms with E-state index in [0.29, 0.717) is 18.3 Å². The first-order chi connectivity index (χ1) is 8.67. The number of aliphatic hydroxyl groups excluding tert-OH is 1. The maximum absolute atomic E-state index is 12.8. The van der Waals surface area contributed by atoms with E-state index in [2.05, 4.69) is 9.97 Å². The summed E-state index contributed by atoms with van der Waals surface area (Å²) in [4.78, 5) is 7.92. The molecule has 1 aliphatic rings. The van der Waals surface area contributed by atoms with Gasteiger partial charge in [-0.25, -0.2) is 18.7 Å². The summed E-state index contributed by atoms with van der Waals surface area (Å²) in [5, 5.41) is 8.98. The summed E-state index contributed by atoms with van der Waals surface area (Å²) in [7, 11) is 0. The molecule has 1 aromatic rings. The number of hydrogen-bond donors (Lipinski definition) is 1. The first-order valence-corrected chi connectivity index (χ1v) is 6.03. The van der Waals surface area contributed by atoms with E-state index in [-0.39, 0.29) is 11.7 Å². The second-order valence-electron chi connectivity index (χ2n) is 4.31. The minimum atomic E-state index is -2.71. The Hall–Kier alpha value is -1.14. The van der Waals surface area contributed by atoms with Crippen LogP contribution >= 0.6 is 0 Å². The van der Waals surface area contributed by atoms with Crippen molar-refractivity contribution in [2.45, 2.75) is 38.9 Å². The lowest BCUT2D eigenvalue weighted by Crippen LogP contribution is -2.13. The monoisotopic (exact) mass is 258 g/mol. The zero-order valence-electron chi connectivity index (χ0n) is 10.1. The maximum atomic E-state index is 12.8. The van der Waals surface area contributed by atoms with Crippen LogP contribution in [-0.4, -0.2) is 21.7 Å². The number of hydrogen-bond acceptors (Lipinski definition) is 4. The molecule has 1 aliphatic carbocycles. The number of nitrogens with zero attached hydrogens (tertiary/aromatic N) is 2. The summed E-state index contributed by atoms with van der Waals surface area (Å²) in [6.07, 6.45) is 0.272. The van der Waals surface area contributed by atoms with Crippen molar-refractivity contribution in [2.24, 2.45) is 5.92 Å². The topological polar surface area (TPSA) is 55.2 Å². The molecule has 0 aromatic carbocycles. The van der Waals surface area contributed by atoms with Crippen LogP contribution in [-0.2, 0) is 11.3 Å². The quantitative estimate of drug-likeness (QED) is 0.851. The number of aliphatic hydroxyl groups is 1. The molecule has 1 N–H and O–H groups in total. The van der Waals surface area contributed by atoms with Crippen molar-refractivity contribution in [3.05, 3.63) is 23.3 Å². The summed E-state index contributed by atoms with van der Waals surface area (Å²) in [5.74, 6) is 0.627. The predicted molar refractivity (Wildman–Crippen MR) is 60.0 cm³/mol. The highest BCUT2D eigenvalue weighted by molar-refractivity contribution is 5.19. The highest BCUT2D eigenvalue weighted by Crippen LogP contribution is 2.42. The number of halogens is 2. The minimum absolute atomic E-state index is 0.0693. The van der Waals surface area contributed by atoms with Crippen molar-refractivity contribution in [3.8, 4) is 0 Å². The lowest BCUT2D eigenvalue weighted by Gasteiger charge is -2.16. The maximum Gasteiger partial charge on any atom is 0.280 e. The Labute approximate surface area is 104 Å². The molecule has 0 bridgehead atoms. The van der Waals surface area contributed by atoms with Crippen molar-refractivity contribution in [1.82, 2.24) is 9.97 Å². The summed E-state index contributed by atoms with van der Waals surface area (Å²) in [6, 6.07) is 0. The van der Waals surface area contributed by atoms with Crippen LogP contribution in [0.1, 0.15) is 49.4 Å². The zero-order chi connectivity index (χ0) is 13.1. The van der Waals surface area contributed by atoms with E-state index in [1.165, 1.54) is 6.20 Å². The van der Waals surface area contributed by atoms with Gasteiger partial charge in [-0.3, -0.25) is 0 Å². The van der Waals surface area contributed by atoms with Gasteiger partial charge in [-0.15, -0.1) is 0 Å². The molecule has 1 aromatic heterocycles. The van der Waals surface area contributed by atoms with Gasteiger partial charge in [-0.2, -0.15) is 0 Å². The molecule has 1 saturated carbocycles. The van der Waals surface area contributed by atoms with Crippen LogP contribution in [0.3, 0.4) is 0 Å². The smallest absolute Gasteiger partial charge is 0.280 e. The number of ether oxygens (including phenoxy) is 1. The van der Waals surface area contributed by atoms with Gasteiger partial charge in [0.2, 0.25) is 0 Å². The highest BCUT2D eigenvalue weighted by atomic mass is 19.3. The Balaban J connectivity index is 2.29. The highest BCUT2D eigenvalue weighted by Gasteiger charge is 2.35. The van der Waals surface area contributed by atoms with Crippen LogP contribution in [0.4, 0.5) is 8.78 Å². The molecule has 0 amide bonds.